The van der Waals surface area contributed by atoms with E-state index in [1.165, 1.54) is 50.2 Å². The summed E-state index contributed by atoms with van der Waals surface area (Å²) >= 11 is 0. The second-order valence-electron chi connectivity index (χ2n) is 6.93. The van der Waals surface area contributed by atoms with Crippen LogP contribution in [0.4, 0.5) is 0 Å². The van der Waals surface area contributed by atoms with Gasteiger partial charge in [0, 0.05) is 38.4 Å². The van der Waals surface area contributed by atoms with E-state index >= 15 is 0 Å². The fraction of sp³-hybridized carbons (Fsp3) is 0.706. The molecule has 1 N–H and O–H groups in total. The number of nitrogens with zero attached hydrogens (tertiary/aromatic N) is 3. The lowest BCUT2D eigenvalue weighted by atomic mass is 10.1. The van der Waals surface area contributed by atoms with Gasteiger partial charge in [-0.25, -0.2) is 0 Å². The van der Waals surface area contributed by atoms with Crippen LogP contribution in [0.5, 0.6) is 0 Å². The van der Waals surface area contributed by atoms with Gasteiger partial charge in [0.25, 0.3) is 0 Å². The minimum atomic E-state index is 0.764. The number of pyridine rings is 1. The lowest BCUT2D eigenvalue weighted by Gasteiger charge is -2.20. The summed E-state index contributed by atoms with van der Waals surface area (Å²) in [6.07, 6.45) is 6.04. The van der Waals surface area contributed by atoms with Crippen molar-refractivity contribution in [1.29, 1.82) is 0 Å². The van der Waals surface area contributed by atoms with Crippen LogP contribution in [0, 0.1) is 5.92 Å². The van der Waals surface area contributed by atoms with Crippen LogP contribution < -0.4 is 5.32 Å². The highest BCUT2D eigenvalue weighted by Gasteiger charge is 2.21. The summed E-state index contributed by atoms with van der Waals surface area (Å²) in [7, 11) is 4.43. The molecule has 1 aromatic rings. The Bertz CT molecular complexity index is 441. The van der Waals surface area contributed by atoms with Gasteiger partial charge in [-0.1, -0.05) is 6.07 Å². The van der Waals surface area contributed by atoms with E-state index < -0.39 is 0 Å². The lowest BCUT2D eigenvalue weighted by molar-refractivity contribution is 0.265. The molecule has 1 aromatic heterocycles. The number of rotatable bonds is 7. The standard InChI is InChI=1S/C17H28N4/c1-20-8-7-15(11-20)12-21(2)13-17-4-3-14(10-19-17)9-18-16-5-6-16/h3-4,10,15-16,18H,5-9,11-13H2,1-2H3. The molecule has 1 saturated heterocycles. The highest BCUT2D eigenvalue weighted by atomic mass is 15.2. The molecule has 2 fully saturated rings. The zero-order chi connectivity index (χ0) is 14.7. The van der Waals surface area contributed by atoms with Crippen LogP contribution in [0.15, 0.2) is 18.3 Å². The first-order valence-electron chi connectivity index (χ1n) is 8.23. The van der Waals surface area contributed by atoms with Crippen LogP contribution in [0.2, 0.25) is 0 Å². The van der Waals surface area contributed by atoms with Crippen LogP contribution in [0.25, 0.3) is 0 Å². The molecule has 4 nitrogen and oxygen atoms in total. The van der Waals surface area contributed by atoms with E-state index in [-0.39, 0.29) is 0 Å². The zero-order valence-corrected chi connectivity index (χ0v) is 13.4. The molecule has 0 radical (unpaired) electrons. The quantitative estimate of drug-likeness (QED) is 0.828. The molecule has 0 bridgehead atoms. The third kappa shape index (κ3) is 4.77. The SMILES string of the molecule is CN1CCC(CN(C)Cc2ccc(CNC3CC3)cn2)C1. The molecule has 21 heavy (non-hydrogen) atoms. The van der Waals surface area contributed by atoms with E-state index in [9.17, 15) is 0 Å². The van der Waals surface area contributed by atoms with Gasteiger partial charge >= 0.3 is 0 Å². The number of hydrogen-bond donors (Lipinski definition) is 1. The van der Waals surface area contributed by atoms with Crippen molar-refractivity contribution < 1.29 is 0 Å². The van der Waals surface area contributed by atoms with Crippen LogP contribution >= 0.6 is 0 Å². The molecule has 0 aromatic carbocycles. The second-order valence-corrected chi connectivity index (χ2v) is 6.93. The molecule has 1 saturated carbocycles. The van der Waals surface area contributed by atoms with Crippen LogP contribution in [0.3, 0.4) is 0 Å². The molecule has 1 aliphatic carbocycles. The van der Waals surface area contributed by atoms with E-state index in [4.69, 9.17) is 0 Å². The van der Waals surface area contributed by atoms with Crippen molar-refractivity contribution in [2.75, 3.05) is 33.7 Å². The number of hydrogen-bond acceptors (Lipinski definition) is 4. The number of likely N-dealkylation sites (tertiary alicyclic amines) is 1. The first-order valence-corrected chi connectivity index (χ1v) is 8.23. The van der Waals surface area contributed by atoms with Gasteiger partial charge in [0.05, 0.1) is 5.69 Å². The van der Waals surface area contributed by atoms with Gasteiger partial charge in [-0.05, 0) is 57.5 Å². The molecule has 0 spiro atoms. The Hall–Kier alpha value is -0.970. The summed E-state index contributed by atoms with van der Waals surface area (Å²) in [6.45, 7) is 5.58. The predicted molar refractivity (Wildman–Crippen MR) is 86.0 cm³/mol. The molecule has 2 aliphatic rings. The van der Waals surface area contributed by atoms with Crippen molar-refractivity contribution >= 4 is 0 Å². The summed E-state index contributed by atoms with van der Waals surface area (Å²) in [5.41, 5.74) is 2.48. The maximum Gasteiger partial charge on any atom is 0.0544 e. The van der Waals surface area contributed by atoms with Crippen molar-refractivity contribution in [1.82, 2.24) is 20.1 Å². The van der Waals surface area contributed by atoms with Gasteiger partial charge in [-0.3, -0.25) is 4.98 Å². The third-order valence-corrected chi connectivity index (χ3v) is 4.55. The van der Waals surface area contributed by atoms with Gasteiger partial charge in [0.15, 0.2) is 0 Å². The largest absolute Gasteiger partial charge is 0.310 e. The molecule has 116 valence electrons. The number of nitrogens with one attached hydrogen (secondary N) is 1. The van der Waals surface area contributed by atoms with E-state index in [0.717, 1.165) is 25.0 Å². The fourth-order valence-electron chi connectivity index (χ4n) is 3.16. The molecular formula is C17H28N4. The monoisotopic (exact) mass is 288 g/mol. The average Bonchev–Trinajstić information content (AvgIpc) is 3.21. The molecule has 1 atom stereocenters. The molecule has 1 aliphatic heterocycles. The van der Waals surface area contributed by atoms with E-state index in [1.54, 1.807) is 0 Å². The summed E-state index contributed by atoms with van der Waals surface area (Å²) in [5.74, 6) is 0.821. The Morgan fingerprint density at radius 1 is 1.33 bits per heavy atom. The Morgan fingerprint density at radius 3 is 2.81 bits per heavy atom. The Kier molecular flexibility index (Phi) is 4.88. The molecule has 4 heteroatoms. The Balaban J connectivity index is 1.43. The minimum absolute atomic E-state index is 0.764. The van der Waals surface area contributed by atoms with Gasteiger partial charge in [0.2, 0.25) is 0 Å². The Morgan fingerprint density at radius 2 is 2.19 bits per heavy atom. The molecule has 3 rings (SSSR count). The predicted octanol–water partition coefficient (Wildman–Crippen LogP) is 1.72. The topological polar surface area (TPSA) is 31.4 Å². The van der Waals surface area contributed by atoms with Crippen molar-refractivity contribution in [3.63, 3.8) is 0 Å². The normalized spacial score (nSPS) is 23.1. The first kappa shape index (κ1) is 14.9. The average molecular weight is 288 g/mol. The van der Waals surface area contributed by atoms with Crippen molar-refractivity contribution in [2.24, 2.45) is 5.92 Å². The van der Waals surface area contributed by atoms with Crippen molar-refractivity contribution in [3.05, 3.63) is 29.6 Å². The van der Waals surface area contributed by atoms with E-state index in [0.29, 0.717) is 0 Å². The summed E-state index contributed by atoms with van der Waals surface area (Å²) < 4.78 is 0. The summed E-state index contributed by atoms with van der Waals surface area (Å²) in [5, 5.41) is 3.53. The highest BCUT2D eigenvalue weighted by molar-refractivity contribution is 5.14. The van der Waals surface area contributed by atoms with Gasteiger partial charge in [-0.2, -0.15) is 0 Å². The molecule has 0 amide bonds. The maximum absolute atomic E-state index is 4.61. The van der Waals surface area contributed by atoms with Crippen LogP contribution in [0.1, 0.15) is 30.5 Å². The smallest absolute Gasteiger partial charge is 0.0544 e. The van der Waals surface area contributed by atoms with E-state index in [2.05, 4.69) is 46.3 Å². The third-order valence-electron chi connectivity index (χ3n) is 4.55. The van der Waals surface area contributed by atoms with Gasteiger partial charge in [0.1, 0.15) is 0 Å². The minimum Gasteiger partial charge on any atom is -0.310 e. The highest BCUT2D eigenvalue weighted by Crippen LogP contribution is 2.19. The summed E-state index contributed by atoms with van der Waals surface area (Å²) in [6, 6.07) is 5.16. The zero-order valence-electron chi connectivity index (χ0n) is 13.4. The first-order chi connectivity index (χ1) is 10.2. The molecule has 2 heterocycles. The van der Waals surface area contributed by atoms with Crippen molar-refractivity contribution in [3.8, 4) is 0 Å². The Labute approximate surface area is 128 Å². The summed E-state index contributed by atoms with van der Waals surface area (Å²) in [4.78, 5) is 9.45. The maximum atomic E-state index is 4.61. The van der Waals surface area contributed by atoms with Crippen molar-refractivity contribution in [2.45, 2.75) is 38.4 Å². The number of aromatic nitrogens is 1. The fourth-order valence-corrected chi connectivity index (χ4v) is 3.16. The second kappa shape index (κ2) is 6.86. The van der Waals surface area contributed by atoms with Crippen LogP contribution in [-0.2, 0) is 13.1 Å². The van der Waals surface area contributed by atoms with Crippen LogP contribution in [-0.4, -0.2) is 54.6 Å². The molecular weight excluding hydrogens is 260 g/mol. The van der Waals surface area contributed by atoms with E-state index in [1.807, 2.05) is 6.20 Å². The van der Waals surface area contributed by atoms with Gasteiger partial charge < -0.3 is 15.1 Å². The lowest BCUT2D eigenvalue weighted by Crippen LogP contribution is -2.27. The van der Waals surface area contributed by atoms with Gasteiger partial charge in [-0.15, -0.1) is 0 Å². The molecule has 1 unspecified atom stereocenters.